The van der Waals surface area contributed by atoms with Crippen LogP contribution in [0.1, 0.15) is 42.3 Å². The number of halogens is 1. The predicted molar refractivity (Wildman–Crippen MR) is 194 cm³/mol. The first-order valence-corrected chi connectivity index (χ1v) is 17.0. The zero-order valence-electron chi connectivity index (χ0n) is 26.4. The van der Waals surface area contributed by atoms with Crippen LogP contribution in [0, 0.1) is 0 Å². The second kappa shape index (κ2) is 10.0. The highest BCUT2D eigenvalue weighted by Crippen LogP contribution is 2.56. The fourth-order valence-corrected chi connectivity index (χ4v) is 9.54. The minimum absolute atomic E-state index is 0.380. The van der Waals surface area contributed by atoms with Crippen LogP contribution in [0.15, 0.2) is 144 Å². The molecule has 0 N–H and O–H groups in total. The summed E-state index contributed by atoms with van der Waals surface area (Å²) < 4.78 is 22.0. The molecule has 0 saturated carbocycles. The van der Waals surface area contributed by atoms with Crippen LogP contribution in [0.5, 0.6) is 0 Å². The molecule has 0 aliphatic carbocycles. The molecule has 1 aliphatic heterocycles. The van der Waals surface area contributed by atoms with E-state index >= 15 is 4.39 Å². The number of pyridine rings is 2. The molecule has 4 nitrogen and oxygen atoms in total. The van der Waals surface area contributed by atoms with E-state index in [-0.39, 0.29) is 5.41 Å². The molecule has 5 aromatic carbocycles. The third kappa shape index (κ3) is 3.72. The standard InChI is InChI=1S/C42H29FN4S/c1-42(2)31-13-5-8-16-35(31)48-40-30(24-34-37(38(40)42)28-12-4-7-15-33(28)47(34)36-17-9-10-20-44-36)39(43)25-18-19-26-27-11-3-6-14-32(27)46-22-21-45-41(46)29(26)23-25/h3-24,39H,1-2H3. The minimum Gasteiger partial charge on any atom is -0.299 e. The van der Waals surface area contributed by atoms with Gasteiger partial charge < -0.3 is 0 Å². The van der Waals surface area contributed by atoms with Gasteiger partial charge in [-0.05, 0) is 64.5 Å². The summed E-state index contributed by atoms with van der Waals surface area (Å²) in [4.78, 5) is 11.7. The molecule has 9 aromatic rings. The molecule has 0 radical (unpaired) electrons. The van der Waals surface area contributed by atoms with E-state index in [1.54, 1.807) is 11.8 Å². The summed E-state index contributed by atoms with van der Waals surface area (Å²) in [5, 5.41) is 5.42. The summed E-state index contributed by atoms with van der Waals surface area (Å²) in [6, 6.07) is 39.5. The molecule has 230 valence electrons. The summed E-state index contributed by atoms with van der Waals surface area (Å²) in [5.41, 5.74) is 7.25. The lowest BCUT2D eigenvalue weighted by Gasteiger charge is -2.37. The number of aromatic nitrogens is 4. The Morgan fingerprint density at radius 1 is 0.688 bits per heavy atom. The third-order valence-electron chi connectivity index (χ3n) is 10.2. The van der Waals surface area contributed by atoms with E-state index in [2.05, 4.69) is 102 Å². The summed E-state index contributed by atoms with van der Waals surface area (Å²) >= 11 is 1.69. The van der Waals surface area contributed by atoms with Crippen molar-refractivity contribution in [1.82, 2.24) is 18.9 Å². The van der Waals surface area contributed by atoms with Gasteiger partial charge in [-0.25, -0.2) is 14.4 Å². The quantitative estimate of drug-likeness (QED) is 0.180. The van der Waals surface area contributed by atoms with Gasteiger partial charge in [0.25, 0.3) is 0 Å². The molecule has 6 heteroatoms. The minimum atomic E-state index is -1.38. The predicted octanol–water partition coefficient (Wildman–Crippen LogP) is 11.0. The van der Waals surface area contributed by atoms with Gasteiger partial charge in [0, 0.05) is 60.9 Å². The first-order chi connectivity index (χ1) is 23.5. The number of rotatable bonds is 3. The van der Waals surface area contributed by atoms with Crippen molar-refractivity contribution in [3.63, 3.8) is 0 Å². The lowest BCUT2D eigenvalue weighted by Crippen LogP contribution is -2.25. The zero-order valence-corrected chi connectivity index (χ0v) is 27.2. The van der Waals surface area contributed by atoms with Crippen molar-refractivity contribution in [3.8, 4) is 5.82 Å². The van der Waals surface area contributed by atoms with E-state index in [0.29, 0.717) is 11.1 Å². The molecule has 10 rings (SSSR count). The maximum atomic E-state index is 17.7. The number of para-hydroxylation sites is 2. The first-order valence-electron chi connectivity index (χ1n) is 16.2. The highest BCUT2D eigenvalue weighted by Gasteiger charge is 2.39. The van der Waals surface area contributed by atoms with E-state index in [9.17, 15) is 0 Å². The van der Waals surface area contributed by atoms with Gasteiger partial charge in [0.05, 0.1) is 16.6 Å². The second-order valence-electron chi connectivity index (χ2n) is 13.1. The van der Waals surface area contributed by atoms with Crippen molar-refractivity contribution in [3.05, 3.63) is 156 Å². The number of imidazole rings is 1. The third-order valence-corrected chi connectivity index (χ3v) is 11.4. The molecular weight excluding hydrogens is 612 g/mol. The summed E-state index contributed by atoms with van der Waals surface area (Å²) in [5.74, 6) is 0.811. The van der Waals surface area contributed by atoms with E-state index in [4.69, 9.17) is 9.97 Å². The summed E-state index contributed by atoms with van der Waals surface area (Å²) in [7, 11) is 0. The molecular formula is C42H29FN4S. The molecule has 1 unspecified atom stereocenters. The molecule has 5 heterocycles. The first kappa shape index (κ1) is 27.6. The van der Waals surface area contributed by atoms with Crippen molar-refractivity contribution in [1.29, 1.82) is 0 Å². The fourth-order valence-electron chi connectivity index (χ4n) is 8.00. The molecule has 0 fully saturated rings. The molecule has 1 aliphatic rings. The number of nitrogens with zero attached hydrogens (tertiary/aromatic N) is 4. The normalized spacial score (nSPS) is 14.6. The highest BCUT2D eigenvalue weighted by atomic mass is 32.2. The SMILES string of the molecule is CC1(C)c2ccccc2Sc2c(C(F)c3ccc4c5ccccc5n5ccnc5c4c3)cc3c(c21)c1ccccc1n3-c1ccccn1. The van der Waals surface area contributed by atoms with Crippen LogP contribution < -0.4 is 0 Å². The Balaban J connectivity index is 1.30. The molecule has 0 bridgehead atoms. The zero-order chi connectivity index (χ0) is 32.1. The lowest BCUT2D eigenvalue weighted by molar-refractivity contribution is 0.396. The topological polar surface area (TPSA) is 35.1 Å². The van der Waals surface area contributed by atoms with Crippen molar-refractivity contribution in [2.75, 3.05) is 0 Å². The van der Waals surface area contributed by atoms with Crippen LogP contribution in [-0.2, 0) is 5.41 Å². The Kier molecular flexibility index (Phi) is 5.77. The lowest BCUT2D eigenvalue weighted by atomic mass is 9.75. The smallest absolute Gasteiger partial charge is 0.151 e. The second-order valence-corrected chi connectivity index (χ2v) is 14.2. The molecule has 48 heavy (non-hydrogen) atoms. The van der Waals surface area contributed by atoms with Crippen LogP contribution in [0.3, 0.4) is 0 Å². The summed E-state index contributed by atoms with van der Waals surface area (Å²) in [6.07, 6.45) is 4.24. The largest absolute Gasteiger partial charge is 0.299 e. The van der Waals surface area contributed by atoms with Gasteiger partial charge in [-0.3, -0.25) is 8.97 Å². The molecule has 1 atom stereocenters. The van der Waals surface area contributed by atoms with Gasteiger partial charge in [-0.2, -0.15) is 0 Å². The van der Waals surface area contributed by atoms with Gasteiger partial charge in [0.1, 0.15) is 11.5 Å². The number of hydrogen-bond donors (Lipinski definition) is 0. The number of benzene rings is 5. The van der Waals surface area contributed by atoms with E-state index < -0.39 is 6.17 Å². The molecule has 0 spiro atoms. The van der Waals surface area contributed by atoms with Gasteiger partial charge in [-0.1, -0.05) is 98.4 Å². The van der Waals surface area contributed by atoms with Crippen molar-refractivity contribution in [2.24, 2.45) is 0 Å². The van der Waals surface area contributed by atoms with E-state index in [1.807, 2.05) is 55.0 Å². The van der Waals surface area contributed by atoms with Gasteiger partial charge in [0.2, 0.25) is 0 Å². The summed E-state index contributed by atoms with van der Waals surface area (Å²) in [6.45, 7) is 4.56. The van der Waals surface area contributed by atoms with Crippen LogP contribution in [0.2, 0.25) is 0 Å². The highest BCUT2D eigenvalue weighted by molar-refractivity contribution is 7.99. The van der Waals surface area contributed by atoms with Crippen LogP contribution in [-0.4, -0.2) is 18.9 Å². The van der Waals surface area contributed by atoms with Crippen molar-refractivity contribution in [2.45, 2.75) is 35.2 Å². The van der Waals surface area contributed by atoms with Gasteiger partial charge >= 0.3 is 0 Å². The van der Waals surface area contributed by atoms with Crippen molar-refractivity contribution < 1.29 is 4.39 Å². The van der Waals surface area contributed by atoms with Crippen LogP contribution in [0.25, 0.3) is 54.9 Å². The average Bonchev–Trinajstić information content (AvgIpc) is 3.75. The van der Waals surface area contributed by atoms with Gasteiger partial charge in [-0.15, -0.1) is 0 Å². The Morgan fingerprint density at radius 2 is 1.46 bits per heavy atom. The Bertz CT molecular complexity index is 2760. The number of hydrogen-bond acceptors (Lipinski definition) is 3. The maximum Gasteiger partial charge on any atom is 0.151 e. The monoisotopic (exact) mass is 640 g/mol. The number of alkyl halides is 1. The Labute approximate surface area is 280 Å². The molecule has 0 saturated heterocycles. The molecule has 0 amide bonds. The maximum absolute atomic E-state index is 17.7. The average molecular weight is 641 g/mol. The van der Waals surface area contributed by atoms with Gasteiger partial charge in [0.15, 0.2) is 6.17 Å². The van der Waals surface area contributed by atoms with Crippen LogP contribution >= 0.6 is 11.8 Å². The Morgan fingerprint density at radius 3 is 2.31 bits per heavy atom. The molecule has 4 aromatic heterocycles. The Hall–Kier alpha value is -5.46. The van der Waals surface area contributed by atoms with Crippen molar-refractivity contribution >= 4 is 60.9 Å². The van der Waals surface area contributed by atoms with Crippen LogP contribution in [0.4, 0.5) is 4.39 Å². The van der Waals surface area contributed by atoms with E-state index in [0.717, 1.165) is 65.4 Å². The van der Waals surface area contributed by atoms with E-state index in [1.165, 1.54) is 10.5 Å². The number of fused-ring (bicyclic) bond motifs is 12. The fraction of sp³-hybridized carbons (Fsp3) is 0.0952.